The van der Waals surface area contributed by atoms with Crippen LogP contribution < -0.4 is 5.32 Å². The lowest BCUT2D eigenvalue weighted by Gasteiger charge is -2.19. The molecule has 0 unspecified atom stereocenters. The summed E-state index contributed by atoms with van der Waals surface area (Å²) in [4.78, 5) is 41.0. The Hall–Kier alpha value is -2.21. The number of carbonyl (C=O) groups excluding carboxylic acids is 3. The highest BCUT2D eigenvalue weighted by Gasteiger charge is 2.47. The average molecular weight is 398 g/mol. The summed E-state index contributed by atoms with van der Waals surface area (Å²) in [5, 5.41) is 2.91. The van der Waals surface area contributed by atoms with Crippen molar-refractivity contribution >= 4 is 17.7 Å². The van der Waals surface area contributed by atoms with E-state index >= 15 is 0 Å². The molecule has 6 heteroatoms. The topological polar surface area (TPSA) is 69.7 Å². The standard InChI is InChI=1S/C23H31N3O3/c27-21(11-14-26-22(28)19-5-1-2-6-20(19)23(26)29)24-15-17-7-9-18(10-8-17)16-25-12-3-4-13-25/h7-10,19-20H,1-6,11-16H2,(H,24,27)/t19-,20+. The Bertz CT molecular complexity index is 731. The van der Waals surface area contributed by atoms with Crippen molar-refractivity contribution in [1.82, 2.24) is 15.1 Å². The summed E-state index contributed by atoms with van der Waals surface area (Å²) in [6.07, 6.45) is 6.41. The first-order valence-corrected chi connectivity index (χ1v) is 11.0. The van der Waals surface area contributed by atoms with Crippen LogP contribution in [0.15, 0.2) is 24.3 Å². The van der Waals surface area contributed by atoms with E-state index in [0.29, 0.717) is 6.54 Å². The Labute approximate surface area is 172 Å². The molecular weight excluding hydrogens is 366 g/mol. The number of amides is 3. The lowest BCUT2D eigenvalue weighted by Crippen LogP contribution is -2.35. The van der Waals surface area contributed by atoms with E-state index in [9.17, 15) is 14.4 Å². The van der Waals surface area contributed by atoms with Crippen LogP contribution in [-0.4, -0.2) is 47.2 Å². The van der Waals surface area contributed by atoms with Crippen LogP contribution in [0.1, 0.15) is 56.1 Å². The van der Waals surface area contributed by atoms with E-state index in [1.165, 1.54) is 36.4 Å². The number of imide groups is 1. The molecule has 1 N–H and O–H groups in total. The van der Waals surface area contributed by atoms with Gasteiger partial charge in [0.1, 0.15) is 0 Å². The highest BCUT2D eigenvalue weighted by atomic mass is 16.2. The second-order valence-electron chi connectivity index (χ2n) is 8.65. The zero-order chi connectivity index (χ0) is 20.2. The van der Waals surface area contributed by atoms with Crippen LogP contribution in [0.3, 0.4) is 0 Å². The van der Waals surface area contributed by atoms with Gasteiger partial charge in [0.15, 0.2) is 0 Å². The summed E-state index contributed by atoms with van der Waals surface area (Å²) < 4.78 is 0. The predicted molar refractivity (Wildman–Crippen MR) is 110 cm³/mol. The molecule has 6 nitrogen and oxygen atoms in total. The molecule has 3 aliphatic rings. The lowest BCUT2D eigenvalue weighted by molar-refractivity contribution is -0.140. The Morgan fingerprint density at radius 3 is 2.10 bits per heavy atom. The number of carbonyl (C=O) groups is 3. The van der Waals surface area contributed by atoms with Gasteiger partial charge in [0.2, 0.25) is 17.7 Å². The number of rotatable bonds is 7. The molecule has 2 aliphatic heterocycles. The fraction of sp³-hybridized carbons (Fsp3) is 0.609. The maximum atomic E-state index is 12.5. The first kappa shape index (κ1) is 20.1. The molecule has 0 bridgehead atoms. The van der Waals surface area contributed by atoms with Crippen molar-refractivity contribution < 1.29 is 14.4 Å². The number of likely N-dealkylation sites (tertiary alicyclic amines) is 2. The van der Waals surface area contributed by atoms with Gasteiger partial charge >= 0.3 is 0 Å². The molecule has 3 fully saturated rings. The van der Waals surface area contributed by atoms with E-state index in [0.717, 1.165) is 37.8 Å². The fourth-order valence-electron chi connectivity index (χ4n) is 4.92. The largest absolute Gasteiger partial charge is 0.352 e. The number of nitrogens with zero attached hydrogens (tertiary/aromatic N) is 2. The summed E-state index contributed by atoms with van der Waals surface area (Å²) in [7, 11) is 0. The number of nitrogens with one attached hydrogen (secondary N) is 1. The van der Waals surface area contributed by atoms with Crippen LogP contribution >= 0.6 is 0 Å². The summed E-state index contributed by atoms with van der Waals surface area (Å²) in [6, 6.07) is 8.38. The maximum absolute atomic E-state index is 12.5. The van der Waals surface area contributed by atoms with Crippen molar-refractivity contribution in [2.24, 2.45) is 11.8 Å². The van der Waals surface area contributed by atoms with E-state index in [1.54, 1.807) is 0 Å². The normalized spacial score (nSPS) is 24.8. The molecule has 1 aromatic rings. The second kappa shape index (κ2) is 9.08. The van der Waals surface area contributed by atoms with E-state index < -0.39 is 0 Å². The van der Waals surface area contributed by atoms with Crippen molar-refractivity contribution in [3.05, 3.63) is 35.4 Å². The maximum Gasteiger partial charge on any atom is 0.233 e. The van der Waals surface area contributed by atoms with Crippen LogP contribution in [-0.2, 0) is 27.5 Å². The minimum absolute atomic E-state index is 0.0684. The first-order valence-electron chi connectivity index (χ1n) is 11.0. The van der Waals surface area contributed by atoms with Crippen molar-refractivity contribution in [2.45, 2.75) is 58.0 Å². The van der Waals surface area contributed by atoms with E-state index in [4.69, 9.17) is 0 Å². The van der Waals surface area contributed by atoms with Crippen molar-refractivity contribution in [2.75, 3.05) is 19.6 Å². The van der Waals surface area contributed by atoms with Gasteiger partial charge in [-0.15, -0.1) is 0 Å². The molecule has 1 aromatic carbocycles. The SMILES string of the molecule is O=C(CCN1C(=O)[C@H]2CCCC[C@H]2C1=O)NCc1ccc(CN2CCCC2)cc1. The Balaban J connectivity index is 1.21. The van der Waals surface area contributed by atoms with Gasteiger partial charge in [-0.1, -0.05) is 37.1 Å². The second-order valence-corrected chi connectivity index (χ2v) is 8.65. The molecule has 29 heavy (non-hydrogen) atoms. The van der Waals surface area contributed by atoms with Crippen LogP contribution in [0, 0.1) is 11.8 Å². The third kappa shape index (κ3) is 4.69. The average Bonchev–Trinajstić information content (AvgIpc) is 3.33. The Morgan fingerprint density at radius 2 is 1.48 bits per heavy atom. The van der Waals surface area contributed by atoms with E-state index in [2.05, 4.69) is 34.5 Å². The highest BCUT2D eigenvalue weighted by Crippen LogP contribution is 2.37. The van der Waals surface area contributed by atoms with Crippen LogP contribution in [0.25, 0.3) is 0 Å². The van der Waals surface area contributed by atoms with Crippen LogP contribution in [0.4, 0.5) is 0 Å². The monoisotopic (exact) mass is 397 g/mol. The molecule has 1 saturated carbocycles. The molecule has 156 valence electrons. The van der Waals surface area contributed by atoms with E-state index in [1.807, 2.05) is 0 Å². The lowest BCUT2D eigenvalue weighted by atomic mass is 9.81. The molecule has 2 atom stereocenters. The van der Waals surface area contributed by atoms with Gasteiger partial charge in [0.05, 0.1) is 11.8 Å². The number of benzene rings is 1. The molecule has 2 heterocycles. The third-order valence-corrected chi connectivity index (χ3v) is 6.61. The van der Waals surface area contributed by atoms with Crippen LogP contribution in [0.5, 0.6) is 0 Å². The van der Waals surface area contributed by atoms with Gasteiger partial charge < -0.3 is 5.32 Å². The molecule has 0 radical (unpaired) electrons. The first-order chi connectivity index (χ1) is 14.1. The minimum Gasteiger partial charge on any atom is -0.352 e. The summed E-state index contributed by atoms with van der Waals surface area (Å²) in [5.41, 5.74) is 2.36. The number of fused-ring (bicyclic) bond motifs is 1. The molecule has 0 spiro atoms. The summed E-state index contributed by atoms with van der Waals surface area (Å²) >= 11 is 0. The van der Waals surface area contributed by atoms with Crippen molar-refractivity contribution in [1.29, 1.82) is 0 Å². The van der Waals surface area contributed by atoms with Gasteiger partial charge in [0, 0.05) is 26.1 Å². The number of hydrogen-bond acceptors (Lipinski definition) is 4. The number of hydrogen-bond donors (Lipinski definition) is 1. The van der Waals surface area contributed by atoms with Crippen molar-refractivity contribution in [3.8, 4) is 0 Å². The smallest absolute Gasteiger partial charge is 0.233 e. The molecule has 4 rings (SSSR count). The third-order valence-electron chi connectivity index (χ3n) is 6.61. The molecule has 3 amide bonds. The summed E-state index contributed by atoms with van der Waals surface area (Å²) in [5.74, 6) is -0.541. The highest BCUT2D eigenvalue weighted by molar-refractivity contribution is 6.05. The molecule has 1 aliphatic carbocycles. The molecular formula is C23H31N3O3. The quantitative estimate of drug-likeness (QED) is 0.718. The van der Waals surface area contributed by atoms with Gasteiger partial charge in [-0.05, 0) is 49.9 Å². The predicted octanol–water partition coefficient (Wildman–Crippen LogP) is 2.46. The zero-order valence-corrected chi connectivity index (χ0v) is 17.1. The Morgan fingerprint density at radius 1 is 0.897 bits per heavy atom. The van der Waals surface area contributed by atoms with Gasteiger partial charge in [0.25, 0.3) is 0 Å². The fourth-order valence-corrected chi connectivity index (χ4v) is 4.92. The zero-order valence-electron chi connectivity index (χ0n) is 17.1. The Kier molecular flexibility index (Phi) is 6.28. The molecule has 2 saturated heterocycles. The molecule has 0 aromatic heterocycles. The van der Waals surface area contributed by atoms with Gasteiger partial charge in [-0.3, -0.25) is 24.2 Å². The van der Waals surface area contributed by atoms with Gasteiger partial charge in [-0.25, -0.2) is 0 Å². The summed E-state index contributed by atoms with van der Waals surface area (Å²) in [6.45, 7) is 4.02. The van der Waals surface area contributed by atoms with Crippen LogP contribution in [0.2, 0.25) is 0 Å². The van der Waals surface area contributed by atoms with Crippen molar-refractivity contribution in [3.63, 3.8) is 0 Å². The minimum atomic E-state index is -0.140. The van der Waals surface area contributed by atoms with E-state index in [-0.39, 0.29) is 42.5 Å². The van der Waals surface area contributed by atoms with Gasteiger partial charge in [-0.2, -0.15) is 0 Å².